The van der Waals surface area contributed by atoms with Gasteiger partial charge in [0.2, 0.25) is 0 Å². The van der Waals surface area contributed by atoms with Crippen molar-refractivity contribution in [3.05, 3.63) is 134 Å². The van der Waals surface area contributed by atoms with Crippen molar-refractivity contribution < 1.29 is 28.6 Å². The fraction of sp³-hybridized carbons (Fsp3) is 0.632. The molecule has 0 aliphatic heterocycles. The fourth-order valence-electron chi connectivity index (χ4n) is 7.88. The van der Waals surface area contributed by atoms with Crippen LogP contribution in [0.5, 0.6) is 0 Å². The second kappa shape index (κ2) is 61.1. The number of ether oxygens (including phenoxy) is 3. The zero-order valence-electron chi connectivity index (χ0n) is 47.8. The monoisotopic (exact) mass is 1020 g/mol. The molecule has 418 valence electrons. The first-order valence-electron chi connectivity index (χ1n) is 30.2. The Morgan fingerprint density at radius 2 is 0.527 bits per heavy atom. The Bertz CT molecular complexity index is 1600. The number of carbonyl (C=O) groups is 3. The van der Waals surface area contributed by atoms with Gasteiger partial charge in [0.05, 0.1) is 0 Å². The van der Waals surface area contributed by atoms with Gasteiger partial charge in [0.1, 0.15) is 13.2 Å². The summed E-state index contributed by atoms with van der Waals surface area (Å²) >= 11 is 0. The van der Waals surface area contributed by atoms with Crippen LogP contribution >= 0.6 is 0 Å². The average molecular weight is 1020 g/mol. The van der Waals surface area contributed by atoms with Gasteiger partial charge in [-0.25, -0.2) is 0 Å². The topological polar surface area (TPSA) is 78.9 Å². The van der Waals surface area contributed by atoms with E-state index in [2.05, 4.69) is 154 Å². The first-order valence-corrected chi connectivity index (χ1v) is 30.2. The number of hydrogen-bond donors (Lipinski definition) is 0. The first-order chi connectivity index (χ1) is 36.5. The molecule has 1 unspecified atom stereocenters. The van der Waals surface area contributed by atoms with E-state index in [9.17, 15) is 14.4 Å². The van der Waals surface area contributed by atoms with Gasteiger partial charge in [-0.2, -0.15) is 0 Å². The van der Waals surface area contributed by atoms with E-state index in [-0.39, 0.29) is 31.1 Å². The van der Waals surface area contributed by atoms with Crippen LogP contribution in [0.1, 0.15) is 258 Å². The third-order valence-corrected chi connectivity index (χ3v) is 12.4. The highest BCUT2D eigenvalue weighted by Crippen LogP contribution is 2.14. The Hall–Kier alpha value is -4.45. The van der Waals surface area contributed by atoms with E-state index in [0.717, 1.165) is 148 Å². The van der Waals surface area contributed by atoms with E-state index in [0.29, 0.717) is 19.3 Å². The molecule has 0 bridgehead atoms. The van der Waals surface area contributed by atoms with Crippen molar-refractivity contribution >= 4 is 17.9 Å². The summed E-state index contributed by atoms with van der Waals surface area (Å²) in [6.45, 7) is 6.44. The number of unbranched alkanes of at least 4 members (excludes halogenated alkanes) is 20. The number of esters is 3. The molecule has 0 saturated carbocycles. The van der Waals surface area contributed by atoms with Crippen molar-refractivity contribution in [2.75, 3.05) is 13.2 Å². The Labute approximate surface area is 455 Å². The lowest BCUT2D eigenvalue weighted by atomic mass is 10.1. The third kappa shape index (κ3) is 58.4. The van der Waals surface area contributed by atoms with Crippen LogP contribution in [0.3, 0.4) is 0 Å². The van der Waals surface area contributed by atoms with Crippen LogP contribution in [-0.4, -0.2) is 37.2 Å². The summed E-state index contributed by atoms with van der Waals surface area (Å²) in [5.41, 5.74) is 0. The highest BCUT2D eigenvalue weighted by molar-refractivity contribution is 5.71. The number of allylic oxidation sites excluding steroid dienone is 22. The molecule has 0 rings (SSSR count). The molecule has 1 atom stereocenters. The van der Waals surface area contributed by atoms with Crippen molar-refractivity contribution in [2.24, 2.45) is 0 Å². The van der Waals surface area contributed by atoms with Crippen molar-refractivity contribution in [1.82, 2.24) is 0 Å². The molecule has 0 aromatic heterocycles. The summed E-state index contributed by atoms with van der Waals surface area (Å²) < 4.78 is 16.8. The molecule has 0 radical (unpaired) electrons. The summed E-state index contributed by atoms with van der Waals surface area (Å²) in [4.78, 5) is 37.9. The SMILES string of the molecule is CC/C=C\C/C=C\C/C=C\C/C=C\C/C=C\C/C=C\C/C=C\C/C=C\C/C=C\C/C=C\CCCCCCC(=O)OCC(COC(=O)CCCCCCCCCC)OC(=O)CCCCCCC/C=C\CCCCCC. The molecule has 0 aliphatic rings. The van der Waals surface area contributed by atoms with Crippen molar-refractivity contribution in [3.63, 3.8) is 0 Å². The van der Waals surface area contributed by atoms with E-state index in [4.69, 9.17) is 14.2 Å². The molecule has 0 amide bonds. The molecular weight excluding hydrogens is 913 g/mol. The van der Waals surface area contributed by atoms with Gasteiger partial charge in [-0.05, 0) is 122 Å². The van der Waals surface area contributed by atoms with E-state index < -0.39 is 6.10 Å². The molecule has 0 aromatic rings. The van der Waals surface area contributed by atoms with Gasteiger partial charge in [0.15, 0.2) is 6.10 Å². The van der Waals surface area contributed by atoms with Crippen molar-refractivity contribution in [3.8, 4) is 0 Å². The van der Waals surface area contributed by atoms with Gasteiger partial charge in [0, 0.05) is 19.3 Å². The second-order valence-corrected chi connectivity index (χ2v) is 19.5. The maximum Gasteiger partial charge on any atom is 0.306 e. The van der Waals surface area contributed by atoms with E-state index in [1.165, 1.54) is 70.6 Å². The molecule has 6 heteroatoms. The number of hydrogen-bond acceptors (Lipinski definition) is 6. The molecule has 0 heterocycles. The molecule has 0 fully saturated rings. The van der Waals surface area contributed by atoms with Gasteiger partial charge in [-0.3, -0.25) is 14.4 Å². The largest absolute Gasteiger partial charge is 0.462 e. The smallest absolute Gasteiger partial charge is 0.306 e. The summed E-state index contributed by atoms with van der Waals surface area (Å²) in [6, 6.07) is 0. The Morgan fingerprint density at radius 1 is 0.284 bits per heavy atom. The van der Waals surface area contributed by atoms with Crippen molar-refractivity contribution in [1.29, 1.82) is 0 Å². The molecule has 74 heavy (non-hydrogen) atoms. The summed E-state index contributed by atoms with van der Waals surface area (Å²) in [5.74, 6) is -0.934. The first kappa shape index (κ1) is 69.5. The Balaban J connectivity index is 4.21. The zero-order valence-corrected chi connectivity index (χ0v) is 47.8. The number of rotatable bonds is 53. The van der Waals surface area contributed by atoms with Crippen LogP contribution < -0.4 is 0 Å². The Morgan fingerprint density at radius 3 is 0.851 bits per heavy atom. The van der Waals surface area contributed by atoms with Gasteiger partial charge >= 0.3 is 17.9 Å². The molecule has 6 nitrogen and oxygen atoms in total. The predicted octanol–water partition coefficient (Wildman–Crippen LogP) is 20.6. The predicted molar refractivity (Wildman–Crippen MR) is 320 cm³/mol. The zero-order chi connectivity index (χ0) is 53.6. The fourth-order valence-corrected chi connectivity index (χ4v) is 7.88. The van der Waals surface area contributed by atoms with Crippen LogP contribution in [0.4, 0.5) is 0 Å². The van der Waals surface area contributed by atoms with Crippen molar-refractivity contribution in [2.45, 2.75) is 264 Å². The minimum absolute atomic E-state index is 0.0908. The second-order valence-electron chi connectivity index (χ2n) is 19.5. The van der Waals surface area contributed by atoms with E-state index in [1.54, 1.807) is 0 Å². The summed E-state index contributed by atoms with van der Waals surface area (Å²) in [7, 11) is 0. The summed E-state index contributed by atoms with van der Waals surface area (Å²) in [5, 5.41) is 0. The van der Waals surface area contributed by atoms with Crippen LogP contribution in [0.2, 0.25) is 0 Å². The number of carbonyl (C=O) groups excluding carboxylic acids is 3. The normalized spacial score (nSPS) is 13.1. The maximum absolute atomic E-state index is 12.8. The summed E-state index contributed by atoms with van der Waals surface area (Å²) in [6.07, 6.45) is 86.1. The van der Waals surface area contributed by atoms with Crippen LogP contribution in [0, 0.1) is 0 Å². The van der Waals surface area contributed by atoms with Gasteiger partial charge in [0.25, 0.3) is 0 Å². The minimum atomic E-state index is -0.793. The van der Waals surface area contributed by atoms with Crippen LogP contribution in [-0.2, 0) is 28.6 Å². The molecule has 0 aliphatic carbocycles. The lowest BCUT2D eigenvalue weighted by Crippen LogP contribution is -2.30. The molecule has 0 saturated heterocycles. The van der Waals surface area contributed by atoms with Gasteiger partial charge < -0.3 is 14.2 Å². The maximum atomic E-state index is 12.8. The average Bonchev–Trinajstić information content (AvgIpc) is 3.40. The molecular formula is C68H110O6. The highest BCUT2D eigenvalue weighted by atomic mass is 16.6. The van der Waals surface area contributed by atoms with Crippen LogP contribution in [0.25, 0.3) is 0 Å². The van der Waals surface area contributed by atoms with E-state index in [1.807, 2.05) is 0 Å². The van der Waals surface area contributed by atoms with Crippen LogP contribution in [0.15, 0.2) is 134 Å². The van der Waals surface area contributed by atoms with Gasteiger partial charge in [-0.15, -0.1) is 0 Å². The quantitative estimate of drug-likeness (QED) is 0.0261. The standard InChI is InChI=1S/C68H110O6/c1-4-7-10-13-16-19-21-23-24-25-26-27-28-29-30-31-32-33-34-35-36-37-38-39-40-41-42-43-44-46-47-49-52-55-58-61-67(70)73-64-65(63-72-66(69)60-57-54-51-18-15-12-9-6-3)74-68(71)62-59-56-53-50-48-45-22-20-17-14-11-8-5-2/h7,10,16,19-20,22-24,26-27,29-30,32-33,35-36,38-39,41-42,44,46,65H,4-6,8-9,11-15,17-18,21,25,28,31,34,37,40,43,45,47-64H2,1-3H3/b10-7-,19-16-,22-20-,24-23-,27-26-,30-29-,33-32-,36-35-,39-38-,42-41-,46-44-. The molecule has 0 spiro atoms. The highest BCUT2D eigenvalue weighted by Gasteiger charge is 2.19. The lowest BCUT2D eigenvalue weighted by Gasteiger charge is -2.18. The lowest BCUT2D eigenvalue weighted by molar-refractivity contribution is -0.167. The van der Waals surface area contributed by atoms with Gasteiger partial charge in [-0.1, -0.05) is 251 Å². The molecule has 0 N–H and O–H groups in total. The third-order valence-electron chi connectivity index (χ3n) is 12.4. The molecule has 0 aromatic carbocycles. The van der Waals surface area contributed by atoms with E-state index >= 15 is 0 Å². The Kier molecular flexibility index (Phi) is 57.4. The minimum Gasteiger partial charge on any atom is -0.462 e.